The Morgan fingerprint density at radius 1 is 1.53 bits per heavy atom. The van der Waals surface area contributed by atoms with E-state index in [-0.39, 0.29) is 19.1 Å². The molecule has 3 N–H and O–H groups in total. The number of halogens is 1. The fourth-order valence-corrected chi connectivity index (χ4v) is 2.02. The first-order valence-corrected chi connectivity index (χ1v) is 6.80. The number of hydrogen-bond acceptors (Lipinski definition) is 4. The van der Waals surface area contributed by atoms with Crippen LogP contribution in [0, 0.1) is 6.92 Å². The van der Waals surface area contributed by atoms with Crippen LogP contribution < -0.4 is 15.4 Å². The highest BCUT2D eigenvalue weighted by molar-refractivity contribution is 9.10. The predicted octanol–water partition coefficient (Wildman–Crippen LogP) is 0.833. The maximum absolute atomic E-state index is 11.0. The summed E-state index contributed by atoms with van der Waals surface area (Å²) in [6.45, 7) is 2.65. The maximum atomic E-state index is 11.0. The highest BCUT2D eigenvalue weighted by Gasteiger charge is 2.08. The van der Waals surface area contributed by atoms with Gasteiger partial charge in [0, 0.05) is 13.6 Å². The molecule has 0 spiro atoms. The second-order valence-electron chi connectivity index (χ2n) is 4.20. The summed E-state index contributed by atoms with van der Waals surface area (Å²) < 4.78 is 6.36. The van der Waals surface area contributed by atoms with Gasteiger partial charge in [0.2, 0.25) is 5.91 Å². The molecule has 106 valence electrons. The fourth-order valence-electron chi connectivity index (χ4n) is 1.41. The highest BCUT2D eigenvalue weighted by atomic mass is 79.9. The smallest absolute Gasteiger partial charge is 0.233 e. The van der Waals surface area contributed by atoms with E-state index in [1.807, 2.05) is 25.1 Å². The lowest BCUT2D eigenvalue weighted by molar-refractivity contribution is -0.119. The van der Waals surface area contributed by atoms with Crippen LogP contribution in [-0.2, 0) is 4.79 Å². The molecule has 0 saturated heterocycles. The molecule has 0 aliphatic heterocycles. The van der Waals surface area contributed by atoms with Crippen LogP contribution in [0.4, 0.5) is 0 Å². The van der Waals surface area contributed by atoms with E-state index in [0.29, 0.717) is 12.3 Å². The van der Waals surface area contributed by atoms with Crippen LogP contribution in [0.25, 0.3) is 0 Å². The number of ether oxygens (including phenoxy) is 1. The second-order valence-corrected chi connectivity index (χ2v) is 5.06. The third-order valence-corrected chi connectivity index (χ3v) is 3.08. The van der Waals surface area contributed by atoms with Crippen LogP contribution in [0.15, 0.2) is 22.7 Å². The number of likely N-dealkylation sites (N-methyl/N-ethyl adjacent to an activating group) is 1. The molecule has 0 radical (unpaired) electrons. The van der Waals surface area contributed by atoms with Crippen molar-refractivity contribution in [1.29, 1.82) is 0 Å². The molecule has 1 atom stereocenters. The first-order valence-electron chi connectivity index (χ1n) is 6.01. The van der Waals surface area contributed by atoms with Gasteiger partial charge in [-0.15, -0.1) is 0 Å². The lowest BCUT2D eigenvalue weighted by Crippen LogP contribution is -2.37. The van der Waals surface area contributed by atoms with Crippen LogP contribution in [-0.4, -0.2) is 43.9 Å². The molecule has 1 unspecified atom stereocenters. The number of aliphatic hydroxyl groups excluding tert-OH is 1. The van der Waals surface area contributed by atoms with Crippen molar-refractivity contribution in [3.63, 3.8) is 0 Å². The van der Waals surface area contributed by atoms with Crippen molar-refractivity contribution < 1.29 is 14.6 Å². The molecule has 0 fully saturated rings. The topological polar surface area (TPSA) is 70.6 Å². The summed E-state index contributed by atoms with van der Waals surface area (Å²) in [6, 6.07) is 5.74. The van der Waals surface area contributed by atoms with Gasteiger partial charge < -0.3 is 20.5 Å². The molecule has 6 heteroatoms. The van der Waals surface area contributed by atoms with Gasteiger partial charge in [0.1, 0.15) is 18.5 Å². The van der Waals surface area contributed by atoms with Crippen molar-refractivity contribution in [2.75, 3.05) is 26.7 Å². The van der Waals surface area contributed by atoms with Gasteiger partial charge in [-0.2, -0.15) is 0 Å². The molecule has 0 aliphatic carbocycles. The third-order valence-electron chi connectivity index (χ3n) is 2.46. The van der Waals surface area contributed by atoms with E-state index < -0.39 is 6.10 Å². The van der Waals surface area contributed by atoms with Gasteiger partial charge in [0.05, 0.1) is 11.0 Å². The summed E-state index contributed by atoms with van der Waals surface area (Å²) in [4.78, 5) is 11.0. The number of aryl methyl sites for hydroxylation is 1. The molecule has 1 amide bonds. The normalized spacial score (nSPS) is 12.0. The van der Waals surface area contributed by atoms with E-state index in [0.717, 1.165) is 10.0 Å². The van der Waals surface area contributed by atoms with Gasteiger partial charge in [-0.05, 0) is 40.5 Å². The number of benzene rings is 1. The lowest BCUT2D eigenvalue weighted by atomic mass is 10.2. The van der Waals surface area contributed by atoms with Crippen LogP contribution in [0.2, 0.25) is 0 Å². The third kappa shape index (κ3) is 6.04. The van der Waals surface area contributed by atoms with Crippen molar-refractivity contribution in [2.45, 2.75) is 13.0 Å². The Morgan fingerprint density at radius 2 is 2.26 bits per heavy atom. The zero-order chi connectivity index (χ0) is 14.3. The number of aliphatic hydroxyl groups is 1. The Balaban J connectivity index is 2.29. The molecule has 1 rings (SSSR count). The Hall–Kier alpha value is -1.11. The molecule has 0 saturated carbocycles. The van der Waals surface area contributed by atoms with Gasteiger partial charge >= 0.3 is 0 Å². The van der Waals surface area contributed by atoms with E-state index in [9.17, 15) is 9.90 Å². The Kier molecular flexibility index (Phi) is 6.83. The number of carbonyl (C=O) groups is 1. The second kappa shape index (κ2) is 8.14. The monoisotopic (exact) mass is 330 g/mol. The molecule has 5 nitrogen and oxygen atoms in total. The van der Waals surface area contributed by atoms with Gasteiger partial charge in [0.25, 0.3) is 0 Å². The molecule has 0 bridgehead atoms. The van der Waals surface area contributed by atoms with Crippen LogP contribution in [0.3, 0.4) is 0 Å². The zero-order valence-electron chi connectivity index (χ0n) is 11.1. The minimum atomic E-state index is -0.669. The number of hydrogen-bond donors (Lipinski definition) is 3. The van der Waals surface area contributed by atoms with Crippen molar-refractivity contribution in [1.82, 2.24) is 10.6 Å². The SMILES string of the molecule is CNC(=O)CNCC(O)COc1ccc(C)cc1Br. The molecule has 1 aromatic carbocycles. The average Bonchev–Trinajstić information content (AvgIpc) is 2.37. The first kappa shape index (κ1) is 15.9. The van der Waals surface area contributed by atoms with Crippen LogP contribution in [0.1, 0.15) is 5.56 Å². The standard InChI is InChI=1S/C13H19BrN2O3/c1-9-3-4-12(11(14)5-9)19-8-10(17)6-16-7-13(18)15-2/h3-5,10,16-17H,6-8H2,1-2H3,(H,15,18). The van der Waals surface area contributed by atoms with Gasteiger partial charge in [-0.25, -0.2) is 0 Å². The number of amides is 1. The van der Waals surface area contributed by atoms with E-state index in [1.54, 1.807) is 7.05 Å². The quantitative estimate of drug-likeness (QED) is 0.692. The van der Waals surface area contributed by atoms with Gasteiger partial charge in [-0.3, -0.25) is 4.79 Å². The fraction of sp³-hybridized carbons (Fsp3) is 0.462. The first-order chi connectivity index (χ1) is 9.02. The van der Waals surface area contributed by atoms with E-state index in [1.165, 1.54) is 0 Å². The highest BCUT2D eigenvalue weighted by Crippen LogP contribution is 2.25. The van der Waals surface area contributed by atoms with E-state index >= 15 is 0 Å². The number of carbonyl (C=O) groups excluding carboxylic acids is 1. The average molecular weight is 331 g/mol. The van der Waals surface area contributed by atoms with Crippen LogP contribution in [0.5, 0.6) is 5.75 Å². The lowest BCUT2D eigenvalue weighted by Gasteiger charge is -2.14. The Bertz CT molecular complexity index is 426. The molecular formula is C13H19BrN2O3. The van der Waals surface area contributed by atoms with Gasteiger partial charge in [0.15, 0.2) is 0 Å². The number of rotatable bonds is 7. The molecule has 19 heavy (non-hydrogen) atoms. The van der Waals surface area contributed by atoms with Crippen molar-refractivity contribution >= 4 is 21.8 Å². The number of nitrogens with one attached hydrogen (secondary N) is 2. The summed E-state index contributed by atoms with van der Waals surface area (Å²) in [5.41, 5.74) is 1.13. The molecule has 0 heterocycles. The van der Waals surface area contributed by atoms with Crippen molar-refractivity contribution in [3.05, 3.63) is 28.2 Å². The van der Waals surface area contributed by atoms with E-state index in [2.05, 4.69) is 26.6 Å². The Morgan fingerprint density at radius 3 is 2.89 bits per heavy atom. The van der Waals surface area contributed by atoms with Crippen LogP contribution >= 0.6 is 15.9 Å². The predicted molar refractivity (Wildman–Crippen MR) is 77.3 cm³/mol. The minimum Gasteiger partial charge on any atom is -0.490 e. The largest absolute Gasteiger partial charge is 0.490 e. The Labute approximate surface area is 121 Å². The molecular weight excluding hydrogens is 312 g/mol. The summed E-state index contributed by atoms with van der Waals surface area (Å²) >= 11 is 3.40. The molecule has 0 aromatic heterocycles. The van der Waals surface area contributed by atoms with E-state index in [4.69, 9.17) is 4.74 Å². The minimum absolute atomic E-state index is 0.116. The molecule has 1 aromatic rings. The summed E-state index contributed by atoms with van der Waals surface area (Å²) in [5.74, 6) is 0.574. The summed E-state index contributed by atoms with van der Waals surface area (Å²) in [5, 5.41) is 15.0. The summed E-state index contributed by atoms with van der Waals surface area (Å²) in [6.07, 6.45) is -0.669. The summed E-state index contributed by atoms with van der Waals surface area (Å²) in [7, 11) is 1.57. The zero-order valence-corrected chi connectivity index (χ0v) is 12.7. The molecule has 0 aliphatic rings. The maximum Gasteiger partial charge on any atom is 0.233 e. The van der Waals surface area contributed by atoms with Crippen molar-refractivity contribution in [3.8, 4) is 5.75 Å². The van der Waals surface area contributed by atoms with Crippen molar-refractivity contribution in [2.24, 2.45) is 0 Å². The van der Waals surface area contributed by atoms with Gasteiger partial charge in [-0.1, -0.05) is 6.07 Å².